The van der Waals surface area contributed by atoms with Crippen LogP contribution in [-0.2, 0) is 0 Å². The van der Waals surface area contributed by atoms with Crippen LogP contribution in [0.25, 0.3) is 0 Å². The Labute approximate surface area is 122 Å². The first-order valence-corrected chi connectivity index (χ1v) is 6.85. The summed E-state index contributed by atoms with van der Waals surface area (Å²) in [4.78, 5) is 0. The summed E-state index contributed by atoms with van der Waals surface area (Å²) in [6.45, 7) is 6.13. The number of aryl methyl sites for hydroxylation is 3. The maximum absolute atomic E-state index is 9.21. The first-order chi connectivity index (χ1) is 9.02. The van der Waals surface area contributed by atoms with Crippen LogP contribution < -0.4 is 5.32 Å². The largest absolute Gasteiger partial charge is 0.354 e. The maximum Gasteiger partial charge on any atom is 0.101 e. The van der Waals surface area contributed by atoms with E-state index in [-0.39, 0.29) is 0 Å². The van der Waals surface area contributed by atoms with Crippen LogP contribution >= 0.6 is 15.9 Å². The monoisotopic (exact) mass is 314 g/mol. The van der Waals surface area contributed by atoms with Crippen LogP contribution in [-0.4, -0.2) is 0 Å². The van der Waals surface area contributed by atoms with Crippen LogP contribution in [0.15, 0.2) is 34.8 Å². The minimum absolute atomic E-state index is 0.668. The summed E-state index contributed by atoms with van der Waals surface area (Å²) in [5.41, 5.74) is 5.99. The average Bonchev–Trinajstić information content (AvgIpc) is 2.34. The summed E-state index contributed by atoms with van der Waals surface area (Å²) in [6, 6.07) is 12.1. The Morgan fingerprint density at radius 1 is 1.00 bits per heavy atom. The van der Waals surface area contributed by atoms with Crippen molar-refractivity contribution in [3.8, 4) is 6.07 Å². The van der Waals surface area contributed by atoms with E-state index in [1.54, 1.807) is 0 Å². The van der Waals surface area contributed by atoms with Crippen molar-refractivity contribution >= 4 is 27.3 Å². The van der Waals surface area contributed by atoms with Gasteiger partial charge in [0.2, 0.25) is 0 Å². The third-order valence-electron chi connectivity index (χ3n) is 3.14. The second-order valence-corrected chi connectivity index (χ2v) is 5.56. The van der Waals surface area contributed by atoms with E-state index in [1.165, 1.54) is 0 Å². The molecule has 2 aromatic carbocycles. The molecule has 1 N–H and O–H groups in total. The molecule has 0 saturated carbocycles. The molecule has 0 unspecified atom stereocenters. The number of hydrogen-bond donors (Lipinski definition) is 1. The second kappa shape index (κ2) is 5.46. The lowest BCUT2D eigenvalue weighted by Crippen LogP contribution is -2.00. The van der Waals surface area contributed by atoms with Gasteiger partial charge < -0.3 is 5.32 Å². The van der Waals surface area contributed by atoms with Crippen LogP contribution in [0.2, 0.25) is 0 Å². The molecule has 0 atom stereocenters. The number of hydrogen-bond acceptors (Lipinski definition) is 2. The van der Waals surface area contributed by atoms with Gasteiger partial charge in [-0.25, -0.2) is 0 Å². The molecule has 0 aliphatic heterocycles. The first kappa shape index (κ1) is 13.6. The maximum atomic E-state index is 9.21. The van der Waals surface area contributed by atoms with Crippen molar-refractivity contribution in [1.29, 1.82) is 5.26 Å². The quantitative estimate of drug-likeness (QED) is 0.847. The molecule has 0 radical (unpaired) electrons. The summed E-state index contributed by atoms with van der Waals surface area (Å²) in [5.74, 6) is 0. The van der Waals surface area contributed by atoms with Crippen molar-refractivity contribution in [2.24, 2.45) is 0 Å². The SMILES string of the molecule is Cc1cc(Br)cc(C)c1Nc1c(C)cccc1C#N. The molecule has 19 heavy (non-hydrogen) atoms. The van der Waals surface area contributed by atoms with Gasteiger partial charge in [0, 0.05) is 10.2 Å². The fraction of sp³-hybridized carbons (Fsp3) is 0.188. The number of benzene rings is 2. The third-order valence-corrected chi connectivity index (χ3v) is 3.60. The minimum Gasteiger partial charge on any atom is -0.354 e. The highest BCUT2D eigenvalue weighted by molar-refractivity contribution is 9.10. The van der Waals surface area contributed by atoms with E-state index < -0.39 is 0 Å². The number of para-hydroxylation sites is 1. The summed E-state index contributed by atoms with van der Waals surface area (Å²) in [5, 5.41) is 12.6. The highest BCUT2D eigenvalue weighted by Crippen LogP contribution is 2.30. The molecule has 2 rings (SSSR count). The Morgan fingerprint density at radius 2 is 1.63 bits per heavy atom. The predicted octanol–water partition coefficient (Wildman–Crippen LogP) is 4.99. The molecule has 0 saturated heterocycles. The van der Waals surface area contributed by atoms with Crippen LogP contribution in [0.5, 0.6) is 0 Å². The zero-order valence-corrected chi connectivity index (χ0v) is 12.8. The Hall–Kier alpha value is -1.79. The number of anilines is 2. The van der Waals surface area contributed by atoms with Crippen LogP contribution in [0.3, 0.4) is 0 Å². The van der Waals surface area contributed by atoms with Gasteiger partial charge in [0.15, 0.2) is 0 Å². The molecule has 0 aliphatic rings. The Bertz CT molecular complexity index is 646. The van der Waals surface area contributed by atoms with Crippen molar-refractivity contribution in [2.45, 2.75) is 20.8 Å². The molecule has 0 aromatic heterocycles. The van der Waals surface area contributed by atoms with Crippen molar-refractivity contribution in [2.75, 3.05) is 5.32 Å². The van der Waals surface area contributed by atoms with E-state index in [1.807, 2.05) is 25.1 Å². The topological polar surface area (TPSA) is 35.8 Å². The number of rotatable bonds is 2. The Morgan fingerprint density at radius 3 is 2.21 bits per heavy atom. The van der Waals surface area contributed by atoms with Crippen LogP contribution in [0, 0.1) is 32.1 Å². The highest BCUT2D eigenvalue weighted by Gasteiger charge is 2.09. The molecule has 96 valence electrons. The zero-order valence-electron chi connectivity index (χ0n) is 11.2. The van der Waals surface area contributed by atoms with Gasteiger partial charge in [-0.3, -0.25) is 0 Å². The molecular weight excluding hydrogens is 300 g/mol. The average molecular weight is 315 g/mol. The van der Waals surface area contributed by atoms with Crippen molar-refractivity contribution in [3.63, 3.8) is 0 Å². The number of halogens is 1. The fourth-order valence-corrected chi connectivity index (χ4v) is 2.85. The number of nitrogens with one attached hydrogen (secondary N) is 1. The minimum atomic E-state index is 0.668. The Balaban J connectivity index is 2.51. The van der Waals surface area contributed by atoms with Gasteiger partial charge in [-0.1, -0.05) is 28.1 Å². The molecule has 0 amide bonds. The number of nitrogens with zero attached hydrogens (tertiary/aromatic N) is 1. The van der Waals surface area contributed by atoms with E-state index in [0.29, 0.717) is 5.56 Å². The van der Waals surface area contributed by atoms with E-state index in [2.05, 4.69) is 53.3 Å². The Kier molecular flexibility index (Phi) is 3.92. The van der Waals surface area contributed by atoms with E-state index in [4.69, 9.17) is 0 Å². The summed E-state index contributed by atoms with van der Waals surface area (Å²) < 4.78 is 1.07. The van der Waals surface area contributed by atoms with Gasteiger partial charge in [0.05, 0.1) is 11.3 Å². The predicted molar refractivity (Wildman–Crippen MR) is 82.8 cm³/mol. The summed E-state index contributed by atoms with van der Waals surface area (Å²) in [6.07, 6.45) is 0. The van der Waals surface area contributed by atoms with Crippen molar-refractivity contribution < 1.29 is 0 Å². The van der Waals surface area contributed by atoms with Gasteiger partial charge in [0.1, 0.15) is 6.07 Å². The van der Waals surface area contributed by atoms with Crippen LogP contribution in [0.4, 0.5) is 11.4 Å². The number of nitriles is 1. The fourth-order valence-electron chi connectivity index (χ4n) is 2.16. The van der Waals surface area contributed by atoms with Crippen molar-refractivity contribution in [1.82, 2.24) is 0 Å². The molecule has 2 aromatic rings. The highest BCUT2D eigenvalue weighted by atomic mass is 79.9. The normalized spacial score (nSPS) is 10.1. The van der Waals surface area contributed by atoms with Gasteiger partial charge in [-0.15, -0.1) is 0 Å². The van der Waals surface area contributed by atoms with Gasteiger partial charge >= 0.3 is 0 Å². The smallest absolute Gasteiger partial charge is 0.101 e. The third kappa shape index (κ3) is 2.80. The lowest BCUT2D eigenvalue weighted by molar-refractivity contribution is 1.32. The molecule has 3 heteroatoms. The molecule has 0 heterocycles. The van der Waals surface area contributed by atoms with Gasteiger partial charge in [-0.05, 0) is 55.7 Å². The molecule has 2 nitrogen and oxygen atoms in total. The summed E-state index contributed by atoms with van der Waals surface area (Å²) >= 11 is 3.50. The molecule has 0 fully saturated rings. The van der Waals surface area contributed by atoms with Gasteiger partial charge in [0.25, 0.3) is 0 Å². The van der Waals surface area contributed by atoms with E-state index in [0.717, 1.165) is 32.5 Å². The van der Waals surface area contributed by atoms with Gasteiger partial charge in [-0.2, -0.15) is 5.26 Å². The first-order valence-electron chi connectivity index (χ1n) is 6.06. The molecule has 0 spiro atoms. The molecule has 0 bridgehead atoms. The summed E-state index contributed by atoms with van der Waals surface area (Å²) in [7, 11) is 0. The standard InChI is InChI=1S/C16H15BrN2/c1-10-5-4-6-13(9-18)16(10)19-15-11(2)7-14(17)8-12(15)3/h4-8,19H,1-3H3. The second-order valence-electron chi connectivity index (χ2n) is 4.65. The van der Waals surface area contributed by atoms with Crippen molar-refractivity contribution in [3.05, 3.63) is 57.1 Å². The molecular formula is C16H15BrN2. The van der Waals surface area contributed by atoms with E-state index in [9.17, 15) is 5.26 Å². The zero-order chi connectivity index (χ0) is 14.0. The lowest BCUT2D eigenvalue weighted by Gasteiger charge is -2.16. The molecule has 0 aliphatic carbocycles. The lowest BCUT2D eigenvalue weighted by atomic mass is 10.1. The van der Waals surface area contributed by atoms with Crippen LogP contribution in [0.1, 0.15) is 22.3 Å². The van der Waals surface area contributed by atoms with E-state index >= 15 is 0 Å².